The van der Waals surface area contributed by atoms with Crippen molar-refractivity contribution >= 4 is 27.5 Å². The number of rotatable bonds is 3. The van der Waals surface area contributed by atoms with Crippen LogP contribution in [0.25, 0.3) is 0 Å². The van der Waals surface area contributed by atoms with E-state index in [4.69, 9.17) is 11.6 Å². The van der Waals surface area contributed by atoms with E-state index < -0.39 is 0 Å². The van der Waals surface area contributed by atoms with Crippen LogP contribution in [0.2, 0.25) is 5.02 Å². The van der Waals surface area contributed by atoms with Crippen molar-refractivity contribution in [3.63, 3.8) is 0 Å². The fraction of sp³-hybridized carbons (Fsp3) is 0.250. The van der Waals surface area contributed by atoms with Crippen molar-refractivity contribution in [1.82, 2.24) is 0 Å². The van der Waals surface area contributed by atoms with Crippen molar-refractivity contribution in [2.45, 2.75) is 24.6 Å². The molecule has 19 heavy (non-hydrogen) atoms. The molecule has 2 aromatic carbocycles. The lowest BCUT2D eigenvalue weighted by atomic mass is 9.99. The molecule has 2 rings (SSSR count). The molecule has 0 N–H and O–H groups in total. The zero-order chi connectivity index (χ0) is 14.0. The summed E-state index contributed by atoms with van der Waals surface area (Å²) in [4.78, 5) is 0.0202. The van der Waals surface area contributed by atoms with Crippen LogP contribution in [0.4, 0.5) is 4.39 Å². The third kappa shape index (κ3) is 3.37. The third-order valence-electron chi connectivity index (χ3n) is 3.13. The first kappa shape index (κ1) is 14.5. The van der Waals surface area contributed by atoms with Crippen LogP contribution >= 0.6 is 27.5 Å². The topological polar surface area (TPSA) is 0 Å². The highest BCUT2D eigenvalue weighted by atomic mass is 79.9. The van der Waals surface area contributed by atoms with Crippen molar-refractivity contribution in [3.05, 3.63) is 70.0 Å². The Morgan fingerprint density at radius 3 is 2.00 bits per heavy atom. The van der Waals surface area contributed by atoms with E-state index in [1.807, 2.05) is 0 Å². The summed E-state index contributed by atoms with van der Waals surface area (Å²) < 4.78 is 13.2. The molecule has 3 heteroatoms. The van der Waals surface area contributed by atoms with E-state index in [9.17, 15) is 4.39 Å². The fourth-order valence-electron chi connectivity index (χ4n) is 1.91. The van der Waals surface area contributed by atoms with Gasteiger partial charge in [-0.1, -0.05) is 71.7 Å². The van der Waals surface area contributed by atoms with Gasteiger partial charge in [0.2, 0.25) is 0 Å². The predicted molar refractivity (Wildman–Crippen MR) is 82.7 cm³/mol. The van der Waals surface area contributed by atoms with Crippen LogP contribution in [0.3, 0.4) is 0 Å². The maximum Gasteiger partial charge on any atom is 0.141 e. The lowest BCUT2D eigenvalue weighted by Crippen LogP contribution is -1.95. The van der Waals surface area contributed by atoms with Crippen molar-refractivity contribution in [2.75, 3.05) is 0 Å². The minimum atomic E-state index is -0.389. The first-order chi connectivity index (χ1) is 8.99. The molecule has 0 aliphatic heterocycles. The minimum Gasteiger partial charge on any atom is -0.205 e. The molecule has 2 aromatic rings. The average molecular weight is 342 g/mol. The Hall–Kier alpha value is -0.860. The summed E-state index contributed by atoms with van der Waals surface area (Å²) >= 11 is 9.45. The van der Waals surface area contributed by atoms with Gasteiger partial charge in [0, 0.05) is 0 Å². The summed E-state index contributed by atoms with van der Waals surface area (Å²) in [6, 6.07) is 13.2. The van der Waals surface area contributed by atoms with Crippen LogP contribution in [0, 0.1) is 5.82 Å². The molecule has 0 spiro atoms. The Kier molecular flexibility index (Phi) is 4.64. The van der Waals surface area contributed by atoms with Gasteiger partial charge in [0.25, 0.3) is 0 Å². The number of halogens is 3. The number of hydrogen-bond donors (Lipinski definition) is 0. The van der Waals surface area contributed by atoms with Crippen LogP contribution in [0.5, 0.6) is 0 Å². The first-order valence-corrected chi connectivity index (χ1v) is 7.47. The van der Waals surface area contributed by atoms with Crippen LogP contribution in [0.15, 0.2) is 42.5 Å². The molecule has 0 fully saturated rings. The van der Waals surface area contributed by atoms with Gasteiger partial charge >= 0.3 is 0 Å². The molecule has 0 nitrogen and oxygen atoms in total. The molecule has 0 bridgehead atoms. The Balaban J connectivity index is 2.27. The molecule has 0 radical (unpaired) electrons. The van der Waals surface area contributed by atoms with Crippen molar-refractivity contribution in [2.24, 2.45) is 0 Å². The monoisotopic (exact) mass is 340 g/mol. The maximum absolute atomic E-state index is 13.2. The van der Waals surface area contributed by atoms with E-state index in [-0.39, 0.29) is 15.7 Å². The molecular weight excluding hydrogens is 327 g/mol. The van der Waals surface area contributed by atoms with E-state index >= 15 is 0 Å². The second-order valence-corrected chi connectivity index (χ2v) is 6.18. The summed E-state index contributed by atoms with van der Waals surface area (Å²) in [5.74, 6) is 0.128. The first-order valence-electron chi connectivity index (χ1n) is 6.18. The Morgan fingerprint density at radius 2 is 1.47 bits per heavy atom. The molecular formula is C16H15BrClF. The van der Waals surface area contributed by atoms with E-state index in [1.165, 1.54) is 11.6 Å². The molecule has 0 aliphatic carbocycles. The normalized spacial score (nSPS) is 12.7. The van der Waals surface area contributed by atoms with Crippen LogP contribution in [-0.4, -0.2) is 0 Å². The lowest BCUT2D eigenvalue weighted by Gasteiger charge is -2.13. The maximum atomic E-state index is 13.2. The zero-order valence-electron chi connectivity index (χ0n) is 10.8. The molecule has 0 saturated carbocycles. The van der Waals surface area contributed by atoms with Gasteiger partial charge in [0.1, 0.15) is 5.82 Å². The molecule has 0 saturated heterocycles. The van der Waals surface area contributed by atoms with Gasteiger partial charge in [-0.05, 0) is 34.7 Å². The highest BCUT2D eigenvalue weighted by molar-refractivity contribution is 9.09. The van der Waals surface area contributed by atoms with Crippen molar-refractivity contribution < 1.29 is 4.39 Å². The summed E-state index contributed by atoms with van der Waals surface area (Å²) in [6.45, 7) is 4.33. The standard InChI is InChI=1S/C16H15BrClF/c1-10(2)11-3-5-12(6-4-11)16(17)13-7-8-15(19)14(18)9-13/h3-10,16H,1-2H3. The molecule has 100 valence electrons. The predicted octanol–water partition coefficient (Wildman–Crippen LogP) is 6.09. The summed E-state index contributed by atoms with van der Waals surface area (Å²) in [5, 5.41) is 0.153. The lowest BCUT2D eigenvalue weighted by molar-refractivity contribution is 0.627. The summed E-state index contributed by atoms with van der Waals surface area (Å²) in [6.07, 6.45) is 0. The molecule has 1 unspecified atom stereocenters. The molecule has 0 heterocycles. The SMILES string of the molecule is CC(C)c1ccc(C(Br)c2ccc(F)c(Cl)c2)cc1. The Bertz CT molecular complexity index is 563. The van der Waals surface area contributed by atoms with Gasteiger partial charge in [-0.3, -0.25) is 0 Å². The van der Waals surface area contributed by atoms with Gasteiger partial charge in [0.15, 0.2) is 0 Å². The second kappa shape index (κ2) is 6.06. The van der Waals surface area contributed by atoms with Gasteiger partial charge < -0.3 is 0 Å². The highest BCUT2D eigenvalue weighted by Crippen LogP contribution is 2.33. The third-order valence-corrected chi connectivity index (χ3v) is 4.48. The van der Waals surface area contributed by atoms with Crippen molar-refractivity contribution in [3.8, 4) is 0 Å². The van der Waals surface area contributed by atoms with Gasteiger partial charge in [0.05, 0.1) is 9.85 Å². The van der Waals surface area contributed by atoms with Crippen LogP contribution in [0.1, 0.15) is 41.3 Å². The Morgan fingerprint density at radius 1 is 0.947 bits per heavy atom. The molecule has 0 aromatic heterocycles. The average Bonchev–Trinajstić information content (AvgIpc) is 2.41. The van der Waals surface area contributed by atoms with E-state index in [0.717, 1.165) is 11.1 Å². The fourth-order valence-corrected chi connectivity index (χ4v) is 2.69. The zero-order valence-corrected chi connectivity index (χ0v) is 13.2. The van der Waals surface area contributed by atoms with Gasteiger partial charge in [-0.25, -0.2) is 4.39 Å². The van der Waals surface area contributed by atoms with Crippen LogP contribution < -0.4 is 0 Å². The highest BCUT2D eigenvalue weighted by Gasteiger charge is 2.12. The number of alkyl halides is 1. The summed E-state index contributed by atoms with van der Waals surface area (Å²) in [7, 11) is 0. The number of hydrogen-bond acceptors (Lipinski definition) is 0. The second-order valence-electron chi connectivity index (χ2n) is 4.86. The largest absolute Gasteiger partial charge is 0.205 e. The molecule has 0 aliphatic rings. The Labute approximate surface area is 126 Å². The summed E-state index contributed by atoms with van der Waals surface area (Å²) in [5.41, 5.74) is 3.39. The van der Waals surface area contributed by atoms with Gasteiger partial charge in [-0.2, -0.15) is 0 Å². The van der Waals surface area contributed by atoms with Crippen LogP contribution in [-0.2, 0) is 0 Å². The van der Waals surface area contributed by atoms with E-state index in [1.54, 1.807) is 12.1 Å². The minimum absolute atomic E-state index is 0.0202. The molecule has 0 amide bonds. The smallest absolute Gasteiger partial charge is 0.141 e. The molecule has 1 atom stereocenters. The number of benzene rings is 2. The van der Waals surface area contributed by atoms with Gasteiger partial charge in [-0.15, -0.1) is 0 Å². The van der Waals surface area contributed by atoms with E-state index in [2.05, 4.69) is 54.0 Å². The quantitative estimate of drug-likeness (QED) is 0.593. The van der Waals surface area contributed by atoms with Crippen molar-refractivity contribution in [1.29, 1.82) is 0 Å². The van der Waals surface area contributed by atoms with E-state index in [0.29, 0.717) is 5.92 Å².